The smallest absolute Gasteiger partial charge is 0.380 e. The fourth-order valence-corrected chi connectivity index (χ4v) is 5.56. The summed E-state index contributed by atoms with van der Waals surface area (Å²) >= 11 is 1.36. The van der Waals surface area contributed by atoms with Gasteiger partial charge in [-0.1, -0.05) is 13.8 Å². The van der Waals surface area contributed by atoms with E-state index in [0.29, 0.717) is 35.5 Å². The standard InChI is InChI=1S/C25H26F6O4S2/c1-7-11(3)34-21(32)17-9-15(13(5)36-17)19-20(24(28,29)25(30,31)23(19,26)27)16-10-18(37-14(16)6)22(33)35-12(4)8-2/h9-12H,7-8H2,1-6H3/t11-,12-/m0/s1. The molecule has 2 aromatic heterocycles. The molecule has 2 atom stereocenters. The summed E-state index contributed by atoms with van der Waals surface area (Å²) in [6.45, 7) is 9.25. The summed E-state index contributed by atoms with van der Waals surface area (Å²) < 4.78 is 100. The average Bonchev–Trinajstić information content (AvgIpc) is 3.41. The lowest BCUT2D eigenvalue weighted by molar-refractivity contribution is -0.254. The van der Waals surface area contributed by atoms with Crippen LogP contribution in [0.3, 0.4) is 0 Å². The molecule has 2 aromatic rings. The van der Waals surface area contributed by atoms with Crippen LogP contribution in [0.25, 0.3) is 11.1 Å². The lowest BCUT2D eigenvalue weighted by atomic mass is 9.95. The third-order valence-corrected chi connectivity index (χ3v) is 8.27. The van der Waals surface area contributed by atoms with E-state index in [1.165, 1.54) is 13.8 Å². The summed E-state index contributed by atoms with van der Waals surface area (Å²) in [5, 5.41) is 0. The molecular formula is C25H26F6O4S2. The number of carbonyl (C=O) groups is 2. The summed E-state index contributed by atoms with van der Waals surface area (Å²) in [6, 6.07) is 1.76. The number of thiophene rings is 2. The number of esters is 2. The van der Waals surface area contributed by atoms with Gasteiger partial charge in [0.2, 0.25) is 0 Å². The molecule has 0 saturated carbocycles. The first kappa shape index (κ1) is 29.2. The molecule has 2 heterocycles. The molecular weight excluding hydrogens is 542 g/mol. The van der Waals surface area contributed by atoms with Crippen molar-refractivity contribution in [2.24, 2.45) is 0 Å². The SMILES string of the molecule is CC[C@H](C)OC(=O)c1cc(C2=C(c3cc(C(=O)O[C@@H](C)CC)sc3C)C(F)(F)C(F)(F)C2(F)F)c(C)s1. The number of alkyl halides is 6. The van der Waals surface area contributed by atoms with Gasteiger partial charge < -0.3 is 9.47 Å². The third kappa shape index (κ3) is 4.82. The van der Waals surface area contributed by atoms with Crippen LogP contribution in [0.2, 0.25) is 0 Å². The van der Waals surface area contributed by atoms with Gasteiger partial charge in [-0.2, -0.15) is 26.3 Å². The monoisotopic (exact) mass is 568 g/mol. The van der Waals surface area contributed by atoms with Crippen LogP contribution in [0.1, 0.15) is 80.8 Å². The van der Waals surface area contributed by atoms with Crippen molar-refractivity contribution in [2.75, 3.05) is 0 Å². The van der Waals surface area contributed by atoms with Crippen molar-refractivity contribution < 1.29 is 45.4 Å². The molecule has 0 aliphatic heterocycles. The number of allylic oxidation sites excluding steroid dienone is 2. The molecule has 0 aromatic carbocycles. The van der Waals surface area contributed by atoms with Gasteiger partial charge in [0.25, 0.3) is 0 Å². The fraction of sp³-hybridized carbons (Fsp3) is 0.520. The van der Waals surface area contributed by atoms with Crippen molar-refractivity contribution in [3.63, 3.8) is 0 Å². The molecule has 4 nitrogen and oxygen atoms in total. The molecule has 0 amide bonds. The van der Waals surface area contributed by atoms with E-state index in [9.17, 15) is 18.4 Å². The van der Waals surface area contributed by atoms with E-state index >= 15 is 17.6 Å². The van der Waals surface area contributed by atoms with Gasteiger partial charge in [-0.05, 0) is 63.8 Å². The first-order valence-corrected chi connectivity index (χ1v) is 13.2. The van der Waals surface area contributed by atoms with Gasteiger partial charge in [-0.15, -0.1) is 22.7 Å². The molecule has 0 radical (unpaired) electrons. The molecule has 0 fully saturated rings. The van der Waals surface area contributed by atoms with Gasteiger partial charge in [0.05, 0.1) is 12.2 Å². The van der Waals surface area contributed by atoms with Gasteiger partial charge in [0.1, 0.15) is 9.75 Å². The first-order chi connectivity index (χ1) is 17.0. The summed E-state index contributed by atoms with van der Waals surface area (Å²) in [4.78, 5) is 24.4. The lowest BCUT2D eigenvalue weighted by Crippen LogP contribution is -2.48. The van der Waals surface area contributed by atoms with E-state index < -0.39 is 64.2 Å². The van der Waals surface area contributed by atoms with Crippen LogP contribution in [-0.4, -0.2) is 41.9 Å². The molecule has 0 bridgehead atoms. The lowest BCUT2D eigenvalue weighted by Gasteiger charge is -2.25. The number of hydrogen-bond acceptors (Lipinski definition) is 6. The molecule has 0 saturated heterocycles. The molecule has 1 aliphatic carbocycles. The maximum Gasteiger partial charge on any atom is 0.380 e. The largest absolute Gasteiger partial charge is 0.459 e. The second-order valence-electron chi connectivity index (χ2n) is 8.88. The summed E-state index contributed by atoms with van der Waals surface area (Å²) in [5.74, 6) is -18.1. The van der Waals surface area contributed by atoms with Crippen LogP contribution in [0, 0.1) is 13.8 Å². The summed E-state index contributed by atoms with van der Waals surface area (Å²) in [6.07, 6.45) is -0.0734. The Labute approximate surface area is 218 Å². The Bertz CT molecular complexity index is 1150. The topological polar surface area (TPSA) is 52.6 Å². The molecule has 204 valence electrons. The van der Waals surface area contributed by atoms with Gasteiger partial charge in [0, 0.05) is 20.9 Å². The number of hydrogen-bond donors (Lipinski definition) is 0. The minimum absolute atomic E-state index is 0.0407. The van der Waals surface area contributed by atoms with E-state index in [1.807, 2.05) is 0 Å². The van der Waals surface area contributed by atoms with Gasteiger partial charge in [-0.3, -0.25) is 0 Å². The van der Waals surface area contributed by atoms with Crippen LogP contribution < -0.4 is 0 Å². The Kier molecular flexibility index (Phi) is 7.97. The predicted octanol–water partition coefficient (Wildman–Crippen LogP) is 8.17. The molecule has 0 spiro atoms. The highest BCUT2D eigenvalue weighted by molar-refractivity contribution is 7.14. The van der Waals surface area contributed by atoms with E-state index in [4.69, 9.17) is 9.47 Å². The van der Waals surface area contributed by atoms with Crippen LogP contribution >= 0.6 is 22.7 Å². The number of aryl methyl sites for hydroxylation is 2. The van der Waals surface area contributed by atoms with Gasteiger partial charge >= 0.3 is 29.7 Å². The van der Waals surface area contributed by atoms with Crippen molar-refractivity contribution in [2.45, 2.75) is 84.4 Å². The van der Waals surface area contributed by atoms with E-state index in [-0.39, 0.29) is 19.5 Å². The van der Waals surface area contributed by atoms with Gasteiger partial charge in [0.15, 0.2) is 0 Å². The zero-order chi connectivity index (χ0) is 28.1. The van der Waals surface area contributed by atoms with Gasteiger partial charge in [-0.25, -0.2) is 9.59 Å². The van der Waals surface area contributed by atoms with Crippen LogP contribution in [0.4, 0.5) is 26.3 Å². The maximum atomic E-state index is 15.2. The van der Waals surface area contributed by atoms with Crippen molar-refractivity contribution >= 4 is 45.8 Å². The Morgan fingerprint density at radius 2 is 1.08 bits per heavy atom. The maximum absolute atomic E-state index is 15.2. The molecule has 0 unspecified atom stereocenters. The molecule has 3 rings (SSSR count). The minimum Gasteiger partial charge on any atom is -0.459 e. The fourth-order valence-electron chi connectivity index (χ4n) is 3.74. The Morgan fingerprint density at radius 1 is 0.757 bits per heavy atom. The third-order valence-electron chi connectivity index (χ3n) is 6.21. The molecule has 1 aliphatic rings. The minimum atomic E-state index is -5.76. The molecule has 12 heteroatoms. The second kappa shape index (κ2) is 10.1. The highest BCUT2D eigenvalue weighted by Crippen LogP contribution is 2.65. The first-order valence-electron chi connectivity index (χ1n) is 11.5. The highest BCUT2D eigenvalue weighted by Gasteiger charge is 2.80. The Balaban J connectivity index is 2.24. The van der Waals surface area contributed by atoms with Crippen molar-refractivity contribution in [1.82, 2.24) is 0 Å². The predicted molar refractivity (Wildman–Crippen MR) is 130 cm³/mol. The Hall–Kier alpha value is -2.34. The zero-order valence-electron chi connectivity index (χ0n) is 20.9. The summed E-state index contributed by atoms with van der Waals surface area (Å²) in [5.41, 5.74) is -4.37. The van der Waals surface area contributed by atoms with Crippen molar-refractivity contribution in [1.29, 1.82) is 0 Å². The van der Waals surface area contributed by atoms with Crippen molar-refractivity contribution in [3.05, 3.63) is 42.8 Å². The normalized spacial score (nSPS) is 19.6. The molecule has 37 heavy (non-hydrogen) atoms. The number of halogens is 6. The zero-order valence-corrected chi connectivity index (χ0v) is 22.6. The van der Waals surface area contributed by atoms with Crippen molar-refractivity contribution in [3.8, 4) is 0 Å². The van der Waals surface area contributed by atoms with Crippen LogP contribution in [-0.2, 0) is 9.47 Å². The van der Waals surface area contributed by atoms with E-state index in [0.717, 1.165) is 12.1 Å². The number of rotatable bonds is 8. The number of carbonyl (C=O) groups excluding carboxylic acids is 2. The van der Waals surface area contributed by atoms with Crippen LogP contribution in [0.5, 0.6) is 0 Å². The second-order valence-corrected chi connectivity index (χ2v) is 11.4. The van der Waals surface area contributed by atoms with Crippen LogP contribution in [0.15, 0.2) is 12.1 Å². The quantitative estimate of drug-likeness (QED) is 0.238. The van der Waals surface area contributed by atoms with E-state index in [2.05, 4.69) is 0 Å². The van der Waals surface area contributed by atoms with E-state index in [1.54, 1.807) is 27.7 Å². The highest BCUT2D eigenvalue weighted by atomic mass is 32.1. The number of ether oxygens (including phenoxy) is 2. The summed E-state index contributed by atoms with van der Waals surface area (Å²) in [7, 11) is 0. The Morgan fingerprint density at radius 3 is 1.38 bits per heavy atom. The molecule has 0 N–H and O–H groups in total. The average molecular weight is 569 g/mol.